The second-order valence-corrected chi connectivity index (χ2v) is 11.1. The fourth-order valence-corrected chi connectivity index (χ4v) is 5.40. The molecule has 6 rings (SSSR count). The van der Waals surface area contributed by atoms with Crippen LogP contribution in [-0.2, 0) is 20.9 Å². The number of pyridine rings is 2. The number of carbonyl (C=O) groups is 2. The molecule has 0 unspecified atom stereocenters. The quantitative estimate of drug-likeness (QED) is 0.106. The van der Waals surface area contributed by atoms with Gasteiger partial charge in [-0.15, -0.1) is 11.3 Å². The van der Waals surface area contributed by atoms with E-state index in [9.17, 15) is 14.0 Å². The molecule has 45 heavy (non-hydrogen) atoms. The number of aromatic nitrogens is 2. The number of fused-ring (bicyclic) bond motifs is 1. The zero-order chi connectivity index (χ0) is 35.0. The van der Waals surface area contributed by atoms with Crippen molar-refractivity contribution < 1.29 is 33.3 Å². The molecule has 3 aromatic heterocycles. The topological polar surface area (TPSA) is 114 Å². The maximum atomic E-state index is 15.4. The van der Waals surface area contributed by atoms with Gasteiger partial charge in [-0.1, -0.05) is 6.07 Å². The Kier molecular flexibility index (Phi) is 7.41. The number of hydrogen-bond acceptors (Lipinski definition) is 8. The van der Waals surface area contributed by atoms with Gasteiger partial charge in [0, 0.05) is 61.6 Å². The number of methoxy groups -OCH3 is 1. The van der Waals surface area contributed by atoms with E-state index in [0.29, 0.717) is 29.1 Å². The lowest BCUT2D eigenvalue weighted by molar-refractivity contribution is -0.131. The molecule has 1 aliphatic carbocycles. The van der Waals surface area contributed by atoms with Gasteiger partial charge in [0.25, 0.3) is 0 Å². The van der Waals surface area contributed by atoms with Crippen molar-refractivity contribution in [2.75, 3.05) is 30.9 Å². The first-order chi connectivity index (χ1) is 23.4. The molecule has 0 atom stereocenters. The van der Waals surface area contributed by atoms with Gasteiger partial charge in [-0.3, -0.25) is 19.6 Å². The molecule has 0 bridgehead atoms. The number of benzene rings is 2. The van der Waals surface area contributed by atoms with Gasteiger partial charge < -0.3 is 25.4 Å². The Labute approximate surface area is 267 Å². The number of nitrogens with zero attached hydrogens (tertiary/aromatic N) is 2. The van der Waals surface area contributed by atoms with Crippen molar-refractivity contribution in [3.63, 3.8) is 0 Å². The Morgan fingerprint density at radius 3 is 2.40 bits per heavy atom. The second kappa shape index (κ2) is 13.1. The van der Waals surface area contributed by atoms with Crippen LogP contribution >= 0.6 is 11.3 Å². The van der Waals surface area contributed by atoms with E-state index >= 15 is 4.39 Å². The molecule has 0 spiro atoms. The third-order valence-corrected chi connectivity index (χ3v) is 7.99. The molecule has 0 radical (unpaired) electrons. The number of hydrogen-bond donors (Lipinski definition) is 3. The molecule has 1 saturated carbocycles. The first-order valence-corrected chi connectivity index (χ1v) is 14.6. The molecule has 9 nitrogen and oxygen atoms in total. The van der Waals surface area contributed by atoms with Gasteiger partial charge in [0.05, 0.1) is 27.4 Å². The summed E-state index contributed by atoms with van der Waals surface area (Å²) in [5, 5.41) is 7.82. The standard InChI is InChI=1S/C33H29F2N5O4S/c1-43-15-14-36-18-20-2-8-25(38-19-20)29-17-26-30(45-29)28(10-13-37-26)44-27-9-7-23(16-24(27)35)40-32(42)33(11-12-33)31(41)39-22-5-3-21(34)4-6-22/h2-10,13,16-17,19,36H,11-12,14-15,18H2,1H3,(H,39,41)(H,40,42)/i11D2,12D2. The van der Waals surface area contributed by atoms with Gasteiger partial charge in [-0.25, -0.2) is 8.78 Å². The third kappa shape index (κ3) is 6.83. The van der Waals surface area contributed by atoms with Crippen LogP contribution in [0.25, 0.3) is 20.8 Å². The monoisotopic (exact) mass is 633 g/mol. The molecule has 3 N–H and O–H groups in total. The third-order valence-electron chi connectivity index (χ3n) is 6.83. The Morgan fingerprint density at radius 2 is 1.71 bits per heavy atom. The molecule has 1 fully saturated rings. The van der Waals surface area contributed by atoms with Gasteiger partial charge in [-0.05, 0) is 66.8 Å². The van der Waals surface area contributed by atoms with Crippen molar-refractivity contribution >= 4 is 44.7 Å². The molecule has 230 valence electrons. The second-order valence-electron chi connectivity index (χ2n) is 10.0. The highest BCUT2D eigenvalue weighted by Gasteiger charge is 2.56. The minimum atomic E-state index is -2.90. The van der Waals surface area contributed by atoms with Crippen LogP contribution in [0.4, 0.5) is 20.2 Å². The fraction of sp³-hybridized carbons (Fsp3) is 0.212. The normalized spacial score (nSPS) is 17.0. The average Bonchev–Trinajstić information content (AvgIpc) is 3.32. The average molecular weight is 634 g/mol. The lowest BCUT2D eigenvalue weighted by Gasteiger charge is -2.16. The molecule has 0 saturated heterocycles. The minimum absolute atomic E-state index is 0.0313. The molecular weight excluding hydrogens is 600 g/mol. The first-order valence-electron chi connectivity index (χ1n) is 15.8. The van der Waals surface area contributed by atoms with E-state index in [1.807, 2.05) is 18.2 Å². The van der Waals surface area contributed by atoms with Crippen LogP contribution in [0.2, 0.25) is 0 Å². The summed E-state index contributed by atoms with van der Waals surface area (Å²) in [6, 6.07) is 15.2. The van der Waals surface area contributed by atoms with Crippen molar-refractivity contribution in [2.24, 2.45) is 5.41 Å². The van der Waals surface area contributed by atoms with E-state index in [2.05, 4.69) is 25.9 Å². The predicted octanol–water partition coefficient (Wildman–Crippen LogP) is 6.52. The van der Waals surface area contributed by atoms with E-state index in [1.54, 1.807) is 19.4 Å². The molecule has 1 aliphatic rings. The summed E-state index contributed by atoms with van der Waals surface area (Å²) in [6.45, 7) is 1.98. The van der Waals surface area contributed by atoms with Crippen LogP contribution in [0.15, 0.2) is 79.1 Å². The van der Waals surface area contributed by atoms with Crippen LogP contribution in [0.5, 0.6) is 11.5 Å². The molecule has 12 heteroatoms. The van der Waals surface area contributed by atoms with Crippen LogP contribution < -0.4 is 20.7 Å². The molecular formula is C33H29F2N5O4S. The number of ether oxygens (including phenoxy) is 2. The van der Waals surface area contributed by atoms with Crippen LogP contribution in [0, 0.1) is 17.0 Å². The van der Waals surface area contributed by atoms with E-state index in [4.69, 9.17) is 15.0 Å². The molecule has 2 aromatic carbocycles. The van der Waals surface area contributed by atoms with Crippen molar-refractivity contribution in [3.8, 4) is 22.1 Å². The Hall–Kier alpha value is -4.78. The molecule has 2 amide bonds. The largest absolute Gasteiger partial charge is 0.453 e. The van der Waals surface area contributed by atoms with Crippen molar-refractivity contribution in [1.29, 1.82) is 0 Å². The number of thiophene rings is 1. The van der Waals surface area contributed by atoms with Crippen molar-refractivity contribution in [2.45, 2.75) is 19.3 Å². The summed E-state index contributed by atoms with van der Waals surface area (Å²) >= 11 is 1.37. The Morgan fingerprint density at radius 1 is 0.956 bits per heavy atom. The van der Waals surface area contributed by atoms with Gasteiger partial charge >= 0.3 is 0 Å². The van der Waals surface area contributed by atoms with Gasteiger partial charge in [0.2, 0.25) is 11.8 Å². The number of nitrogens with one attached hydrogen (secondary N) is 3. The summed E-state index contributed by atoms with van der Waals surface area (Å²) in [5.74, 6) is -3.93. The number of rotatable bonds is 12. The zero-order valence-electron chi connectivity index (χ0n) is 27.8. The highest BCUT2D eigenvalue weighted by atomic mass is 32.1. The fourth-order valence-electron chi connectivity index (χ4n) is 4.36. The van der Waals surface area contributed by atoms with E-state index in [0.717, 1.165) is 40.9 Å². The first kappa shape index (κ1) is 25.5. The number of amides is 2. The highest BCUT2D eigenvalue weighted by Crippen LogP contribution is 2.48. The maximum absolute atomic E-state index is 15.4. The molecule has 5 aromatic rings. The number of carbonyl (C=O) groups excluding carboxylic acids is 2. The molecule has 3 heterocycles. The van der Waals surface area contributed by atoms with Gasteiger partial charge in [-0.2, -0.15) is 0 Å². The maximum Gasteiger partial charge on any atom is 0.240 e. The number of halogens is 2. The summed E-state index contributed by atoms with van der Waals surface area (Å²) in [5.41, 5.74) is -0.583. The van der Waals surface area contributed by atoms with Gasteiger partial charge in [0.15, 0.2) is 11.6 Å². The van der Waals surface area contributed by atoms with E-state index < -0.39 is 41.6 Å². The van der Waals surface area contributed by atoms with Gasteiger partial charge in [0.1, 0.15) is 17.0 Å². The van der Waals surface area contributed by atoms with Crippen molar-refractivity contribution in [1.82, 2.24) is 15.3 Å². The highest BCUT2D eigenvalue weighted by molar-refractivity contribution is 7.22. The SMILES string of the molecule is [2H]C1([2H])C([2H])([2H])C1(C(=O)Nc1ccc(F)cc1)C(=O)Nc1ccc(Oc2ccnc3cc(-c4ccc(CNCCOC)cn4)sc23)c(F)c1. The number of anilines is 2. The van der Waals surface area contributed by atoms with Crippen LogP contribution in [0.3, 0.4) is 0 Å². The predicted molar refractivity (Wildman–Crippen MR) is 168 cm³/mol. The lowest BCUT2D eigenvalue weighted by Crippen LogP contribution is -2.35. The Bertz CT molecular complexity index is 2020. The summed E-state index contributed by atoms with van der Waals surface area (Å²) < 4.78 is 72.9. The smallest absolute Gasteiger partial charge is 0.240 e. The van der Waals surface area contributed by atoms with E-state index in [-0.39, 0.29) is 17.1 Å². The minimum Gasteiger partial charge on any atom is -0.453 e. The summed E-state index contributed by atoms with van der Waals surface area (Å²) in [4.78, 5) is 36.4. The van der Waals surface area contributed by atoms with E-state index in [1.165, 1.54) is 41.8 Å². The zero-order valence-corrected chi connectivity index (χ0v) is 24.6. The summed E-state index contributed by atoms with van der Waals surface area (Å²) in [6.07, 6.45) is -2.50. The molecule has 0 aliphatic heterocycles. The van der Waals surface area contributed by atoms with Crippen LogP contribution in [-0.4, -0.2) is 42.0 Å². The Balaban J connectivity index is 1.17. The van der Waals surface area contributed by atoms with Crippen molar-refractivity contribution in [3.05, 3.63) is 96.3 Å². The summed E-state index contributed by atoms with van der Waals surface area (Å²) in [7, 11) is 1.64. The lowest BCUT2D eigenvalue weighted by atomic mass is 10.0. The van der Waals surface area contributed by atoms with Crippen LogP contribution in [0.1, 0.15) is 23.8 Å².